The molecule has 0 atom stereocenters. The van der Waals surface area contributed by atoms with Crippen molar-refractivity contribution in [3.8, 4) is 11.3 Å². The summed E-state index contributed by atoms with van der Waals surface area (Å²) in [5.41, 5.74) is 6.87. The second-order valence-corrected chi connectivity index (χ2v) is 2.83. The molecule has 66 valence electrons. The maximum atomic E-state index is 5.66. The Bertz CT molecular complexity index is 427. The summed E-state index contributed by atoms with van der Waals surface area (Å²) in [5, 5.41) is 7.65. The van der Waals surface area contributed by atoms with Crippen LogP contribution in [0.5, 0.6) is 0 Å². The van der Waals surface area contributed by atoms with E-state index in [-0.39, 0.29) is 0 Å². The lowest BCUT2D eigenvalue weighted by Crippen LogP contribution is -1.91. The molecule has 2 aromatic heterocycles. The van der Waals surface area contributed by atoms with Crippen molar-refractivity contribution in [2.45, 2.75) is 0 Å². The van der Waals surface area contributed by atoms with Crippen molar-refractivity contribution in [3.05, 3.63) is 29.7 Å². The Kier molecular flexibility index (Phi) is 1.90. The topological polar surface area (TPSA) is 64.9 Å². The fourth-order valence-electron chi connectivity index (χ4n) is 0.996. The number of hydrogen-bond acceptors (Lipinski definition) is 4. The summed E-state index contributed by atoms with van der Waals surface area (Å²) < 4.78 is 5.17. The molecule has 0 unspecified atom stereocenters. The van der Waals surface area contributed by atoms with Gasteiger partial charge in [-0.05, 0) is 23.7 Å². The number of rotatable bonds is 1. The van der Waals surface area contributed by atoms with Gasteiger partial charge in [-0.1, -0.05) is 0 Å². The first-order valence-corrected chi connectivity index (χ1v) is 3.97. The molecule has 0 spiro atoms. The zero-order chi connectivity index (χ0) is 9.26. The number of anilines is 1. The molecule has 13 heavy (non-hydrogen) atoms. The van der Waals surface area contributed by atoms with E-state index in [0.717, 1.165) is 0 Å². The largest absolute Gasteiger partial charge is 0.445 e. The summed E-state index contributed by atoms with van der Waals surface area (Å²) in [4.78, 5) is 0. The van der Waals surface area contributed by atoms with Crippen LogP contribution in [-0.2, 0) is 0 Å². The van der Waals surface area contributed by atoms with Gasteiger partial charge < -0.3 is 10.2 Å². The second-order valence-electron chi connectivity index (χ2n) is 2.46. The van der Waals surface area contributed by atoms with Gasteiger partial charge in [0.1, 0.15) is 5.76 Å². The number of nitrogens with two attached hydrogens (primary N) is 1. The summed E-state index contributed by atoms with van der Waals surface area (Å²) in [6.07, 6.45) is 3.00. The van der Waals surface area contributed by atoms with Gasteiger partial charge in [-0.3, -0.25) is 0 Å². The summed E-state index contributed by atoms with van der Waals surface area (Å²) in [5.74, 6) is 0.595. The highest BCUT2D eigenvalue weighted by Crippen LogP contribution is 2.27. The minimum atomic E-state index is 0.325. The van der Waals surface area contributed by atoms with E-state index >= 15 is 0 Å². The Hall–Kier alpha value is -1.55. The smallest absolute Gasteiger partial charge is 0.193 e. The van der Waals surface area contributed by atoms with Crippen molar-refractivity contribution in [1.82, 2.24) is 10.2 Å². The predicted molar refractivity (Wildman–Crippen MR) is 49.2 cm³/mol. The van der Waals surface area contributed by atoms with Crippen LogP contribution in [0.4, 0.5) is 5.69 Å². The molecule has 0 bridgehead atoms. The Morgan fingerprint density at radius 2 is 2.00 bits per heavy atom. The lowest BCUT2D eigenvalue weighted by molar-refractivity contribution is 0.584. The highest BCUT2D eigenvalue weighted by atomic mass is 35.5. The normalized spacial score (nSPS) is 10.2. The van der Waals surface area contributed by atoms with Gasteiger partial charge in [-0.25, -0.2) is 0 Å². The molecule has 2 N–H and O–H groups in total. The Morgan fingerprint density at radius 3 is 2.62 bits per heavy atom. The maximum Gasteiger partial charge on any atom is 0.193 e. The molecule has 0 aliphatic rings. The molecule has 0 amide bonds. The van der Waals surface area contributed by atoms with Gasteiger partial charge in [-0.2, -0.15) is 10.2 Å². The zero-order valence-corrected chi connectivity index (χ0v) is 7.32. The summed E-state index contributed by atoms with van der Waals surface area (Å²) in [6, 6.07) is 3.38. The highest BCUT2D eigenvalue weighted by Gasteiger charge is 2.06. The van der Waals surface area contributed by atoms with Gasteiger partial charge in [0.25, 0.3) is 0 Å². The first-order valence-electron chi connectivity index (χ1n) is 3.59. The van der Waals surface area contributed by atoms with Crippen LogP contribution in [0.15, 0.2) is 28.9 Å². The van der Waals surface area contributed by atoms with Crippen LogP contribution >= 0.6 is 11.6 Å². The van der Waals surface area contributed by atoms with E-state index < -0.39 is 0 Å². The number of aromatic nitrogens is 2. The van der Waals surface area contributed by atoms with Crippen LogP contribution in [0.25, 0.3) is 11.3 Å². The standard InChI is InChI=1S/C8H6ClN3O/c9-8-2-1-7(13-8)5-3-11-12-4-6(5)10/h1-4H,(H2,10,11). The lowest BCUT2D eigenvalue weighted by atomic mass is 10.2. The van der Waals surface area contributed by atoms with Gasteiger partial charge >= 0.3 is 0 Å². The van der Waals surface area contributed by atoms with Crippen LogP contribution < -0.4 is 5.73 Å². The maximum absolute atomic E-state index is 5.66. The van der Waals surface area contributed by atoms with Crippen molar-refractivity contribution in [1.29, 1.82) is 0 Å². The molecule has 0 saturated carbocycles. The van der Waals surface area contributed by atoms with Crippen molar-refractivity contribution < 1.29 is 4.42 Å². The first kappa shape index (κ1) is 8.07. The van der Waals surface area contributed by atoms with Crippen LogP contribution in [0, 0.1) is 0 Å². The monoisotopic (exact) mass is 195 g/mol. The molecule has 4 nitrogen and oxygen atoms in total. The molecule has 2 heterocycles. The van der Waals surface area contributed by atoms with Gasteiger partial charge in [0.2, 0.25) is 0 Å². The Labute approximate surface area is 79.3 Å². The fraction of sp³-hybridized carbons (Fsp3) is 0. The molecule has 0 aliphatic carbocycles. The number of nitrogens with zero attached hydrogens (tertiary/aromatic N) is 2. The Morgan fingerprint density at radius 1 is 1.23 bits per heavy atom. The molecule has 2 rings (SSSR count). The van der Waals surface area contributed by atoms with Gasteiger partial charge in [0.05, 0.1) is 23.6 Å². The number of nitrogen functional groups attached to an aromatic ring is 1. The second kappa shape index (κ2) is 3.06. The molecule has 0 aromatic carbocycles. The van der Waals surface area contributed by atoms with Crippen LogP contribution in [0.2, 0.25) is 5.22 Å². The summed E-state index contributed by atoms with van der Waals surface area (Å²) in [7, 11) is 0. The SMILES string of the molecule is Nc1cnncc1-c1ccc(Cl)o1. The number of furan rings is 1. The third kappa shape index (κ3) is 1.48. The van der Waals surface area contributed by atoms with E-state index in [0.29, 0.717) is 22.2 Å². The van der Waals surface area contributed by atoms with Crippen LogP contribution in [0.1, 0.15) is 0 Å². The van der Waals surface area contributed by atoms with E-state index in [2.05, 4.69) is 10.2 Å². The van der Waals surface area contributed by atoms with E-state index in [1.807, 2.05) is 0 Å². The third-order valence-corrected chi connectivity index (χ3v) is 1.80. The van der Waals surface area contributed by atoms with Crippen molar-refractivity contribution in [2.75, 3.05) is 5.73 Å². The molecule has 0 radical (unpaired) electrons. The summed E-state index contributed by atoms with van der Waals surface area (Å²) >= 11 is 5.62. The zero-order valence-electron chi connectivity index (χ0n) is 6.57. The third-order valence-electron chi connectivity index (χ3n) is 1.60. The number of hydrogen-bond donors (Lipinski definition) is 1. The van der Waals surface area contributed by atoms with Crippen LogP contribution in [0.3, 0.4) is 0 Å². The predicted octanol–water partition coefficient (Wildman–Crippen LogP) is 1.97. The first-order chi connectivity index (χ1) is 6.27. The van der Waals surface area contributed by atoms with Crippen molar-refractivity contribution in [2.24, 2.45) is 0 Å². The molecule has 2 aromatic rings. The lowest BCUT2D eigenvalue weighted by Gasteiger charge is -1.98. The highest BCUT2D eigenvalue weighted by molar-refractivity contribution is 6.29. The van der Waals surface area contributed by atoms with Gasteiger partial charge in [0.15, 0.2) is 5.22 Å². The average molecular weight is 196 g/mol. The van der Waals surface area contributed by atoms with E-state index in [1.165, 1.54) is 12.4 Å². The molecular formula is C8H6ClN3O. The van der Waals surface area contributed by atoms with Crippen molar-refractivity contribution >= 4 is 17.3 Å². The van der Waals surface area contributed by atoms with Crippen molar-refractivity contribution in [3.63, 3.8) is 0 Å². The summed E-state index contributed by atoms with van der Waals surface area (Å²) in [6.45, 7) is 0. The fourth-order valence-corrected chi connectivity index (χ4v) is 1.14. The molecule has 0 aliphatic heterocycles. The quantitative estimate of drug-likeness (QED) is 0.756. The minimum Gasteiger partial charge on any atom is -0.445 e. The molecule has 0 saturated heterocycles. The van der Waals surface area contributed by atoms with E-state index in [9.17, 15) is 0 Å². The minimum absolute atomic E-state index is 0.325. The average Bonchev–Trinajstić information content (AvgIpc) is 2.53. The molecule has 5 heteroatoms. The molecule has 0 fully saturated rings. The van der Waals surface area contributed by atoms with Gasteiger partial charge in [0, 0.05) is 0 Å². The van der Waals surface area contributed by atoms with Gasteiger partial charge in [-0.15, -0.1) is 0 Å². The number of halogens is 1. The van der Waals surface area contributed by atoms with E-state index in [1.54, 1.807) is 12.1 Å². The Balaban J connectivity index is 2.52. The molecular weight excluding hydrogens is 190 g/mol. The van der Waals surface area contributed by atoms with E-state index in [4.69, 9.17) is 21.8 Å². The van der Waals surface area contributed by atoms with Crippen LogP contribution in [-0.4, -0.2) is 10.2 Å².